The van der Waals surface area contributed by atoms with Crippen molar-refractivity contribution in [1.29, 1.82) is 0 Å². The van der Waals surface area contributed by atoms with E-state index in [-0.39, 0.29) is 5.56 Å². The monoisotopic (exact) mass is 574 g/mol. The van der Waals surface area contributed by atoms with Crippen LogP contribution in [0.3, 0.4) is 0 Å². The highest BCUT2D eigenvalue weighted by Gasteiger charge is 2.93. The fraction of sp³-hybridized carbons (Fsp3) is 0.714. The molecule has 37 heavy (non-hydrogen) atoms. The Hall–Kier alpha value is -1.87. The first-order valence-corrected chi connectivity index (χ1v) is 10.3. The van der Waals surface area contributed by atoms with Crippen molar-refractivity contribution in [2.45, 2.75) is 86.8 Å². The molecule has 0 radical (unpaired) electrons. The predicted octanol–water partition coefficient (Wildman–Crippen LogP) is 8.66. The number of benzene rings is 1. The number of hydrogen-bond donors (Lipinski definition) is 0. The largest absolute Gasteiger partial charge is 0.460 e. The van der Waals surface area contributed by atoms with Crippen LogP contribution < -0.4 is 0 Å². The van der Waals surface area contributed by atoms with Crippen LogP contribution in [0.4, 0.5) is 65.9 Å². The van der Waals surface area contributed by atoms with Gasteiger partial charge in [-0.25, -0.2) is 0 Å². The summed E-state index contributed by atoms with van der Waals surface area (Å²) in [5.74, 6) is -46.7. The fourth-order valence-corrected chi connectivity index (χ4v) is 3.26. The zero-order chi connectivity index (χ0) is 29.5. The maximum atomic E-state index is 14.5. The lowest BCUT2D eigenvalue weighted by atomic mass is 9.83. The Morgan fingerprint density at radius 3 is 1.57 bits per heavy atom. The highest BCUT2D eigenvalue weighted by atomic mass is 19.4. The molecule has 0 aliphatic carbocycles. The molecule has 0 fully saturated rings. The summed E-state index contributed by atoms with van der Waals surface area (Å²) in [6.45, 7) is 2.43. The third-order valence-corrected chi connectivity index (χ3v) is 5.76. The normalized spacial score (nSPS) is 16.6. The van der Waals surface area contributed by atoms with Gasteiger partial charge in [0.05, 0.1) is 12.0 Å². The maximum absolute atomic E-state index is 14.5. The van der Waals surface area contributed by atoms with Crippen molar-refractivity contribution in [1.82, 2.24) is 0 Å². The van der Waals surface area contributed by atoms with Gasteiger partial charge in [-0.3, -0.25) is 0 Å². The van der Waals surface area contributed by atoms with Crippen molar-refractivity contribution in [2.24, 2.45) is 0 Å². The molecule has 0 aromatic heterocycles. The predicted molar refractivity (Wildman–Crippen MR) is 99.8 cm³/mol. The van der Waals surface area contributed by atoms with E-state index < -0.39 is 53.7 Å². The lowest BCUT2D eigenvalue weighted by Gasteiger charge is -2.43. The van der Waals surface area contributed by atoms with Crippen molar-refractivity contribution < 1.29 is 70.6 Å². The van der Waals surface area contributed by atoms with Crippen LogP contribution in [0.25, 0.3) is 0 Å². The van der Waals surface area contributed by atoms with Gasteiger partial charge < -0.3 is 4.74 Å². The van der Waals surface area contributed by atoms with Crippen molar-refractivity contribution in [3.05, 3.63) is 35.4 Å². The number of hydrogen-bond acceptors (Lipinski definition) is 1. The lowest BCUT2D eigenvalue weighted by Crippen LogP contribution is -2.72. The molecule has 1 nitrogen and oxygen atoms in total. The number of aryl methyl sites for hydroxylation is 1. The van der Waals surface area contributed by atoms with E-state index in [4.69, 9.17) is 4.74 Å². The number of alkyl halides is 15. The fourth-order valence-electron chi connectivity index (χ4n) is 3.26. The van der Waals surface area contributed by atoms with Crippen LogP contribution in [0, 0.1) is 0 Å². The van der Waals surface area contributed by atoms with Crippen molar-refractivity contribution in [3.8, 4) is 0 Å². The molecule has 1 aromatic rings. The van der Waals surface area contributed by atoms with Crippen LogP contribution in [-0.2, 0) is 16.8 Å². The van der Waals surface area contributed by atoms with Gasteiger partial charge in [0.2, 0.25) is 0 Å². The third kappa shape index (κ3) is 5.35. The second-order valence-electron chi connectivity index (χ2n) is 8.49. The van der Waals surface area contributed by atoms with Gasteiger partial charge in [0.15, 0.2) is 0 Å². The first-order chi connectivity index (χ1) is 16.3. The minimum Gasteiger partial charge on any atom is -0.374 e. The number of unbranched alkanes of at least 4 members (excludes halogenated alkanes) is 1. The zero-order valence-electron chi connectivity index (χ0n) is 19.2. The Kier molecular flexibility index (Phi) is 8.98. The molecule has 0 saturated heterocycles. The van der Waals surface area contributed by atoms with Gasteiger partial charge in [0.1, 0.15) is 0 Å². The highest BCUT2D eigenvalue weighted by molar-refractivity contribution is 5.29. The summed E-state index contributed by atoms with van der Waals surface area (Å²) >= 11 is 0. The van der Waals surface area contributed by atoms with Gasteiger partial charge >= 0.3 is 41.7 Å². The molecule has 0 heterocycles. The van der Waals surface area contributed by atoms with Gasteiger partial charge in [-0.05, 0) is 30.9 Å². The van der Waals surface area contributed by atoms with Crippen LogP contribution in [0.1, 0.15) is 44.2 Å². The molecule has 0 spiro atoms. The van der Waals surface area contributed by atoms with E-state index >= 15 is 0 Å². The first kappa shape index (κ1) is 33.2. The Balaban J connectivity index is 3.56. The van der Waals surface area contributed by atoms with Gasteiger partial charge in [-0.2, -0.15) is 65.9 Å². The van der Waals surface area contributed by atoms with Crippen LogP contribution in [0.2, 0.25) is 0 Å². The zero-order valence-corrected chi connectivity index (χ0v) is 19.2. The molecule has 0 saturated carbocycles. The molecular weight excluding hydrogens is 553 g/mol. The van der Waals surface area contributed by atoms with E-state index in [9.17, 15) is 65.9 Å². The molecule has 216 valence electrons. The molecule has 16 heteroatoms. The molecule has 1 aromatic carbocycles. The summed E-state index contributed by atoms with van der Waals surface area (Å²) in [5, 5.41) is 0. The molecule has 0 bridgehead atoms. The number of ether oxygens (including phenoxy) is 1. The first-order valence-electron chi connectivity index (χ1n) is 10.3. The van der Waals surface area contributed by atoms with Crippen LogP contribution in [0.5, 0.6) is 0 Å². The minimum atomic E-state index is -8.31. The van der Waals surface area contributed by atoms with E-state index in [1.807, 2.05) is 0 Å². The van der Waals surface area contributed by atoms with Crippen LogP contribution >= 0.6 is 0 Å². The van der Waals surface area contributed by atoms with Crippen LogP contribution in [-0.4, -0.2) is 48.8 Å². The second kappa shape index (κ2) is 10.0. The molecule has 1 atom stereocenters. The summed E-state index contributed by atoms with van der Waals surface area (Å²) in [6, 6.07) is 4.85. The topological polar surface area (TPSA) is 9.23 Å². The third-order valence-electron chi connectivity index (χ3n) is 5.76. The van der Waals surface area contributed by atoms with Gasteiger partial charge in [0, 0.05) is 7.11 Å². The standard InChI is InChI=1S/C21H21F15O/c1-4-5-7-12-8-6-9-13(10-12)14(2,37-3)11-15(22,23)16(24,25)17(26,27)18(28,29)19(30,31)20(32,33)21(34,35)36/h6,8-10H,4-5,7,11H2,1-3H3. The molecule has 0 amide bonds. The van der Waals surface area contributed by atoms with E-state index in [1.165, 1.54) is 12.1 Å². The van der Waals surface area contributed by atoms with Crippen molar-refractivity contribution in [3.63, 3.8) is 0 Å². The average molecular weight is 574 g/mol. The lowest BCUT2D eigenvalue weighted by molar-refractivity contribution is -0.453. The van der Waals surface area contributed by atoms with E-state index in [1.54, 1.807) is 6.92 Å². The molecule has 0 aliphatic rings. The second-order valence-corrected chi connectivity index (χ2v) is 8.49. The molecule has 1 rings (SSSR count). The molecule has 0 aliphatic heterocycles. The molecule has 0 N–H and O–H groups in total. The number of halogens is 15. The summed E-state index contributed by atoms with van der Waals surface area (Å²) in [5.41, 5.74) is -2.59. The minimum absolute atomic E-state index is 0.337. The molecular formula is C21H21F15O. The van der Waals surface area contributed by atoms with E-state index in [0.717, 1.165) is 12.1 Å². The van der Waals surface area contributed by atoms with E-state index in [2.05, 4.69) is 0 Å². The Morgan fingerprint density at radius 1 is 0.676 bits per heavy atom. The number of methoxy groups -OCH3 is 1. The Bertz CT molecular complexity index is 923. The van der Waals surface area contributed by atoms with Gasteiger partial charge in [-0.1, -0.05) is 37.6 Å². The smallest absolute Gasteiger partial charge is 0.374 e. The molecule has 1 unspecified atom stereocenters. The van der Waals surface area contributed by atoms with Crippen molar-refractivity contribution >= 4 is 0 Å². The summed E-state index contributed by atoms with van der Waals surface area (Å²) in [4.78, 5) is 0. The Morgan fingerprint density at radius 2 is 1.14 bits per heavy atom. The van der Waals surface area contributed by atoms with Crippen molar-refractivity contribution in [2.75, 3.05) is 7.11 Å². The summed E-state index contributed by atoms with van der Waals surface area (Å²) in [7, 11) is 0.637. The van der Waals surface area contributed by atoms with Crippen LogP contribution in [0.15, 0.2) is 24.3 Å². The summed E-state index contributed by atoms with van der Waals surface area (Å²) in [6.07, 6.45) is -8.65. The number of rotatable bonds is 12. The SMILES string of the molecule is CCCCc1cccc(C(C)(CC(F)(F)C(F)(F)C(F)(F)C(F)(F)C(F)(F)C(F)(F)C(F)(F)F)OC)c1. The van der Waals surface area contributed by atoms with E-state index in [0.29, 0.717) is 38.9 Å². The quantitative estimate of drug-likeness (QED) is 0.227. The maximum Gasteiger partial charge on any atom is 0.460 e. The summed E-state index contributed by atoms with van der Waals surface area (Å²) < 4.78 is 207. The van der Waals surface area contributed by atoms with Gasteiger partial charge in [-0.15, -0.1) is 0 Å². The van der Waals surface area contributed by atoms with Gasteiger partial charge in [0.25, 0.3) is 0 Å². The average Bonchev–Trinajstić information content (AvgIpc) is 2.76. The Labute approximate surface area is 201 Å². The highest BCUT2D eigenvalue weighted by Crippen LogP contribution is 2.63.